The minimum Gasteiger partial charge on any atom is -0.250 e. The Hall–Kier alpha value is -0.850. The Labute approximate surface area is 112 Å². The summed E-state index contributed by atoms with van der Waals surface area (Å²) < 4.78 is 13.2. The quantitative estimate of drug-likeness (QED) is 0.690. The second-order valence-corrected chi connectivity index (χ2v) is 6.94. The minimum absolute atomic E-state index is 0.116. The molecular weight excluding hydrogens is 223 g/mol. The van der Waals surface area contributed by atoms with Crippen molar-refractivity contribution in [2.75, 3.05) is 6.67 Å². The molecule has 1 heteroatoms. The minimum atomic E-state index is -0.385. The highest BCUT2D eigenvalue weighted by Crippen LogP contribution is 2.31. The van der Waals surface area contributed by atoms with Crippen LogP contribution in [0.5, 0.6) is 0 Å². The zero-order chi connectivity index (χ0) is 14.0. The lowest BCUT2D eigenvalue weighted by molar-refractivity contribution is 0.350. The van der Waals surface area contributed by atoms with Crippen LogP contribution in [0.3, 0.4) is 0 Å². The van der Waals surface area contributed by atoms with E-state index in [0.29, 0.717) is 0 Å². The van der Waals surface area contributed by atoms with E-state index in [1.807, 2.05) is 13.8 Å². The molecule has 0 amide bonds. The molecule has 0 N–H and O–H groups in total. The second kappa shape index (κ2) is 5.42. The van der Waals surface area contributed by atoms with Crippen LogP contribution in [0.2, 0.25) is 0 Å². The van der Waals surface area contributed by atoms with Gasteiger partial charge in [0.25, 0.3) is 0 Å². The van der Waals surface area contributed by atoms with Gasteiger partial charge in [-0.2, -0.15) is 0 Å². The van der Waals surface area contributed by atoms with Gasteiger partial charge in [0.1, 0.15) is 0 Å². The normalized spacial score (nSPS) is 12.8. The van der Waals surface area contributed by atoms with E-state index < -0.39 is 0 Å². The lowest BCUT2D eigenvalue weighted by Gasteiger charge is -2.27. The molecule has 0 nitrogen and oxygen atoms in total. The molecule has 1 rings (SSSR count). The van der Waals surface area contributed by atoms with Crippen molar-refractivity contribution in [2.45, 2.75) is 65.2 Å². The van der Waals surface area contributed by atoms with Gasteiger partial charge in [-0.1, -0.05) is 66.2 Å². The third-order valence-electron chi connectivity index (χ3n) is 3.51. The van der Waals surface area contributed by atoms with Crippen molar-refractivity contribution >= 4 is 0 Å². The van der Waals surface area contributed by atoms with E-state index in [1.54, 1.807) is 0 Å². The van der Waals surface area contributed by atoms with Crippen LogP contribution in [0.4, 0.5) is 4.39 Å². The monoisotopic (exact) mass is 250 g/mol. The average molecular weight is 250 g/mol. The molecule has 0 spiro atoms. The van der Waals surface area contributed by atoms with Crippen LogP contribution in [0, 0.1) is 0 Å². The Morgan fingerprint density at radius 1 is 0.944 bits per heavy atom. The van der Waals surface area contributed by atoms with Crippen molar-refractivity contribution in [2.24, 2.45) is 0 Å². The fraction of sp³-hybridized carbons (Fsp3) is 0.647. The van der Waals surface area contributed by atoms with E-state index in [2.05, 4.69) is 45.9 Å². The van der Waals surface area contributed by atoms with Crippen LogP contribution in [0.1, 0.15) is 64.7 Å². The molecular formula is C17H27F. The fourth-order valence-corrected chi connectivity index (χ4v) is 2.03. The first kappa shape index (κ1) is 15.2. The van der Waals surface area contributed by atoms with Gasteiger partial charge in [-0.3, -0.25) is 4.39 Å². The Morgan fingerprint density at radius 3 is 1.94 bits per heavy atom. The molecule has 0 aliphatic rings. The number of halogens is 1. The zero-order valence-electron chi connectivity index (χ0n) is 12.7. The summed E-state index contributed by atoms with van der Waals surface area (Å²) in [5.41, 5.74) is 3.50. The number of benzene rings is 1. The van der Waals surface area contributed by atoms with Crippen molar-refractivity contribution in [1.82, 2.24) is 0 Å². The molecule has 0 radical (unpaired) electrons. The van der Waals surface area contributed by atoms with Gasteiger partial charge in [-0.15, -0.1) is 0 Å². The van der Waals surface area contributed by atoms with Gasteiger partial charge in [-0.05, 0) is 28.5 Å². The van der Waals surface area contributed by atoms with Crippen LogP contribution >= 0.6 is 0 Å². The number of alkyl halides is 1. The first-order valence-electron chi connectivity index (χ1n) is 6.91. The molecule has 0 aliphatic heterocycles. The Kier molecular flexibility index (Phi) is 4.58. The van der Waals surface area contributed by atoms with E-state index in [-0.39, 0.29) is 17.5 Å². The lowest BCUT2D eigenvalue weighted by atomic mass is 9.79. The van der Waals surface area contributed by atoms with E-state index in [4.69, 9.17) is 0 Å². The number of hydrogen-bond acceptors (Lipinski definition) is 0. The largest absolute Gasteiger partial charge is 0.250 e. The molecule has 18 heavy (non-hydrogen) atoms. The number of rotatable bonds is 4. The molecule has 1 aromatic carbocycles. The molecule has 0 saturated heterocycles. The lowest BCUT2D eigenvalue weighted by Crippen LogP contribution is -2.22. The Balaban J connectivity index is 3.31. The summed E-state index contributed by atoms with van der Waals surface area (Å²) in [7, 11) is 0. The van der Waals surface area contributed by atoms with Crippen LogP contribution < -0.4 is 0 Å². The Morgan fingerprint density at radius 2 is 1.50 bits per heavy atom. The SMILES string of the molecule is CCCc1cc(C(C)(C)C)cc(C(C)(C)CF)c1. The molecule has 0 bridgehead atoms. The smallest absolute Gasteiger partial charge is 0.0985 e. The molecule has 102 valence electrons. The maximum Gasteiger partial charge on any atom is 0.0985 e. The maximum absolute atomic E-state index is 13.2. The predicted molar refractivity (Wildman–Crippen MR) is 78.1 cm³/mol. The van der Waals surface area contributed by atoms with Gasteiger partial charge in [0, 0.05) is 5.41 Å². The maximum atomic E-state index is 13.2. The predicted octanol–water partition coefficient (Wildman–Crippen LogP) is 5.18. The third kappa shape index (κ3) is 3.57. The van der Waals surface area contributed by atoms with Crippen molar-refractivity contribution in [3.05, 3.63) is 34.9 Å². The molecule has 0 atom stereocenters. The van der Waals surface area contributed by atoms with E-state index in [9.17, 15) is 4.39 Å². The van der Waals surface area contributed by atoms with Crippen molar-refractivity contribution in [1.29, 1.82) is 0 Å². The van der Waals surface area contributed by atoms with Gasteiger partial charge < -0.3 is 0 Å². The van der Waals surface area contributed by atoms with Gasteiger partial charge in [-0.25, -0.2) is 0 Å². The van der Waals surface area contributed by atoms with E-state index in [1.165, 1.54) is 11.1 Å². The van der Waals surface area contributed by atoms with Gasteiger partial charge in [0.2, 0.25) is 0 Å². The summed E-state index contributed by atoms with van der Waals surface area (Å²) in [4.78, 5) is 0. The number of hydrogen-bond donors (Lipinski definition) is 0. The standard InChI is InChI=1S/C17H27F/c1-7-8-13-9-14(16(2,3)4)11-15(10-13)17(5,6)12-18/h9-11H,7-8,12H2,1-6H3. The van der Waals surface area contributed by atoms with E-state index >= 15 is 0 Å². The summed E-state index contributed by atoms with van der Waals surface area (Å²) in [5.74, 6) is 0. The summed E-state index contributed by atoms with van der Waals surface area (Å²) in [5, 5.41) is 0. The second-order valence-electron chi connectivity index (χ2n) is 6.94. The molecule has 0 aliphatic carbocycles. The van der Waals surface area contributed by atoms with Gasteiger partial charge in [0.05, 0.1) is 6.67 Å². The highest BCUT2D eigenvalue weighted by molar-refractivity contribution is 5.37. The van der Waals surface area contributed by atoms with Crippen LogP contribution in [0.25, 0.3) is 0 Å². The third-order valence-corrected chi connectivity index (χ3v) is 3.51. The molecule has 0 saturated carbocycles. The van der Waals surface area contributed by atoms with Crippen molar-refractivity contribution in [3.8, 4) is 0 Å². The van der Waals surface area contributed by atoms with Crippen LogP contribution in [0.15, 0.2) is 18.2 Å². The van der Waals surface area contributed by atoms with Crippen molar-refractivity contribution < 1.29 is 4.39 Å². The van der Waals surface area contributed by atoms with Gasteiger partial charge in [0.15, 0.2) is 0 Å². The van der Waals surface area contributed by atoms with Crippen LogP contribution in [-0.2, 0) is 17.3 Å². The molecule has 0 fully saturated rings. The summed E-state index contributed by atoms with van der Waals surface area (Å²) in [6, 6.07) is 6.64. The summed E-state index contributed by atoms with van der Waals surface area (Å²) in [6.07, 6.45) is 2.20. The van der Waals surface area contributed by atoms with E-state index in [0.717, 1.165) is 18.4 Å². The highest BCUT2D eigenvalue weighted by atomic mass is 19.1. The average Bonchev–Trinajstić information content (AvgIpc) is 2.28. The first-order valence-corrected chi connectivity index (χ1v) is 6.91. The highest BCUT2D eigenvalue weighted by Gasteiger charge is 2.23. The fourth-order valence-electron chi connectivity index (χ4n) is 2.03. The summed E-state index contributed by atoms with van der Waals surface area (Å²) >= 11 is 0. The molecule has 1 aromatic rings. The molecule has 0 unspecified atom stereocenters. The first-order chi connectivity index (χ1) is 8.20. The number of aryl methyl sites for hydroxylation is 1. The summed E-state index contributed by atoms with van der Waals surface area (Å²) in [6.45, 7) is 12.5. The van der Waals surface area contributed by atoms with Crippen LogP contribution in [-0.4, -0.2) is 6.67 Å². The Bertz CT molecular complexity index is 397. The topological polar surface area (TPSA) is 0 Å². The molecule has 0 aromatic heterocycles. The van der Waals surface area contributed by atoms with Gasteiger partial charge >= 0.3 is 0 Å². The zero-order valence-corrected chi connectivity index (χ0v) is 12.7. The molecule has 0 heterocycles. The van der Waals surface area contributed by atoms with Crippen molar-refractivity contribution in [3.63, 3.8) is 0 Å².